The Balaban J connectivity index is 2.86. The van der Waals surface area contributed by atoms with Crippen LogP contribution in [0.15, 0.2) is 12.3 Å². The van der Waals surface area contributed by atoms with Crippen molar-refractivity contribution in [2.45, 2.75) is 0 Å². The largest absolute Gasteiger partial charge is 0.261 e. The molecule has 0 aliphatic heterocycles. The molecular formula is C8H5N3. The number of aromatic amines is 1. The van der Waals surface area contributed by atoms with Crippen LogP contribution in [-0.4, -0.2) is 15.2 Å². The van der Waals surface area contributed by atoms with Gasteiger partial charge in [-0.15, -0.1) is 0 Å². The van der Waals surface area contributed by atoms with Gasteiger partial charge in [-0.3, -0.25) is 5.10 Å². The molecule has 11 heavy (non-hydrogen) atoms. The fourth-order valence-corrected chi connectivity index (χ4v) is 0.910. The van der Waals surface area contributed by atoms with Crippen LogP contribution in [0, 0.1) is 13.8 Å². The topological polar surface area (TPSA) is 41.6 Å². The first kappa shape index (κ1) is 6.34. The predicted octanol–water partition coefficient (Wildman–Crippen LogP) is 1.08. The van der Waals surface area contributed by atoms with Crippen LogP contribution >= 0.6 is 0 Å². The molecule has 0 fully saturated rings. The van der Waals surface area contributed by atoms with Crippen molar-refractivity contribution in [3.63, 3.8) is 0 Å². The summed E-state index contributed by atoms with van der Waals surface area (Å²) in [7, 11) is 0. The van der Waals surface area contributed by atoms with Gasteiger partial charge in [0.25, 0.3) is 0 Å². The molecule has 0 saturated carbocycles. The van der Waals surface area contributed by atoms with Crippen molar-refractivity contribution >= 4 is 11.0 Å². The Morgan fingerprint density at radius 1 is 1.36 bits per heavy atom. The van der Waals surface area contributed by atoms with Crippen LogP contribution in [0.3, 0.4) is 0 Å². The van der Waals surface area contributed by atoms with Gasteiger partial charge in [-0.05, 0) is 11.6 Å². The number of rotatable bonds is 0. The first-order chi connectivity index (χ1) is 5.27. The summed E-state index contributed by atoms with van der Waals surface area (Å²) in [6.45, 7) is 11.0. The molecule has 0 aliphatic carbocycles. The zero-order valence-corrected chi connectivity index (χ0v) is 5.70. The van der Waals surface area contributed by atoms with Gasteiger partial charge in [0.05, 0.1) is 11.9 Å². The number of fused-ring (bicyclic) bond motifs is 1. The molecule has 2 aromatic rings. The van der Waals surface area contributed by atoms with Gasteiger partial charge in [-0.2, -0.15) is 5.10 Å². The number of aromatic nitrogens is 3. The van der Waals surface area contributed by atoms with Gasteiger partial charge in [0.15, 0.2) is 5.65 Å². The lowest BCUT2D eigenvalue weighted by Gasteiger charge is -1.95. The Bertz CT molecular complexity index is 353. The van der Waals surface area contributed by atoms with Crippen molar-refractivity contribution in [1.29, 1.82) is 0 Å². The first-order valence-electron chi connectivity index (χ1n) is 3.12. The molecule has 0 spiro atoms. The second-order valence-corrected chi connectivity index (χ2v) is 2.27. The number of pyridine rings is 1. The maximum Gasteiger partial charge on any atom is 0.155 e. The summed E-state index contributed by atoms with van der Waals surface area (Å²) in [6, 6.07) is 1.74. The lowest BCUT2D eigenvalue weighted by atomic mass is 10.2. The van der Waals surface area contributed by atoms with Gasteiger partial charge in [-0.1, -0.05) is 0 Å². The first-order valence-corrected chi connectivity index (χ1v) is 3.12. The molecule has 3 nitrogen and oxygen atoms in total. The molecule has 1 N–H and O–H groups in total. The Hall–Kier alpha value is -1.38. The van der Waals surface area contributed by atoms with Crippen LogP contribution in [0.2, 0.25) is 0 Å². The Morgan fingerprint density at radius 2 is 2.18 bits per heavy atom. The van der Waals surface area contributed by atoms with Crippen LogP contribution in [-0.2, 0) is 0 Å². The molecule has 2 rings (SSSR count). The molecule has 0 bridgehead atoms. The van der Waals surface area contributed by atoms with Crippen molar-refractivity contribution in [3.8, 4) is 0 Å². The summed E-state index contributed by atoms with van der Waals surface area (Å²) in [5.74, 6) is 0. The van der Waals surface area contributed by atoms with E-state index in [4.69, 9.17) is 13.8 Å². The molecule has 0 aliphatic rings. The van der Waals surface area contributed by atoms with Crippen molar-refractivity contribution in [3.05, 3.63) is 37.4 Å². The molecule has 3 heteroatoms. The maximum atomic E-state index is 5.52. The van der Waals surface area contributed by atoms with E-state index in [9.17, 15) is 0 Å². The second kappa shape index (κ2) is 2.05. The molecule has 0 unspecified atom stereocenters. The Labute approximate surface area is 64.5 Å². The van der Waals surface area contributed by atoms with Crippen LogP contribution in [0.5, 0.6) is 0 Å². The second-order valence-electron chi connectivity index (χ2n) is 2.27. The minimum absolute atomic E-state index is 0.335. The van der Waals surface area contributed by atoms with E-state index < -0.39 is 0 Å². The third kappa shape index (κ3) is 0.888. The summed E-state index contributed by atoms with van der Waals surface area (Å²) in [5.41, 5.74) is 1.48. The third-order valence-corrected chi connectivity index (χ3v) is 1.49. The highest BCUT2D eigenvalue weighted by atomic mass is 15.1. The van der Waals surface area contributed by atoms with Gasteiger partial charge in [0.2, 0.25) is 0 Å². The van der Waals surface area contributed by atoms with Crippen molar-refractivity contribution < 1.29 is 0 Å². The zero-order valence-electron chi connectivity index (χ0n) is 5.70. The summed E-state index contributed by atoms with van der Waals surface area (Å²) in [6.07, 6.45) is 1.65. The van der Waals surface area contributed by atoms with E-state index in [-0.39, 0.29) is 0 Å². The van der Waals surface area contributed by atoms with Crippen LogP contribution in [0.4, 0.5) is 0 Å². The van der Waals surface area contributed by atoms with Crippen molar-refractivity contribution in [2.75, 3.05) is 0 Å². The fourth-order valence-electron chi connectivity index (χ4n) is 0.910. The van der Waals surface area contributed by atoms with Crippen LogP contribution < -0.4 is 0 Å². The summed E-state index contributed by atoms with van der Waals surface area (Å²) < 4.78 is 0. The number of hydrogen-bond donors (Lipinski definition) is 1. The molecule has 2 aromatic heterocycles. The Morgan fingerprint density at radius 3 is 3.00 bits per heavy atom. The van der Waals surface area contributed by atoms with E-state index in [0.29, 0.717) is 16.9 Å². The number of hydrogen-bond acceptors (Lipinski definition) is 2. The molecule has 52 valence electrons. The van der Waals surface area contributed by atoms with Crippen LogP contribution in [0.1, 0.15) is 11.3 Å². The molecule has 2 heterocycles. The number of nitrogens with zero attached hydrogens (tertiary/aromatic N) is 2. The predicted molar refractivity (Wildman–Crippen MR) is 40.7 cm³/mol. The van der Waals surface area contributed by atoms with Gasteiger partial charge < -0.3 is 0 Å². The standard InChI is InChI=1S/C8H5N3/c1-5-3-7-4-9-11-8(7)10-6(5)2/h1-4H,(H,9,10,11). The van der Waals surface area contributed by atoms with Gasteiger partial charge in [0, 0.05) is 19.2 Å². The SMILES string of the molecule is [CH]c1cc2cn[nH]c2nc1[CH]. The summed E-state index contributed by atoms with van der Waals surface area (Å²) in [4.78, 5) is 3.97. The van der Waals surface area contributed by atoms with E-state index in [2.05, 4.69) is 15.2 Å². The quantitative estimate of drug-likeness (QED) is 0.599. The zero-order chi connectivity index (χ0) is 7.84. The highest BCUT2D eigenvalue weighted by molar-refractivity contribution is 5.75. The number of nitrogens with one attached hydrogen (secondary N) is 1. The minimum atomic E-state index is 0.335. The highest BCUT2D eigenvalue weighted by Gasteiger charge is 1.99. The molecule has 4 radical (unpaired) electrons. The average molecular weight is 143 g/mol. The third-order valence-electron chi connectivity index (χ3n) is 1.49. The van der Waals surface area contributed by atoms with Crippen LogP contribution in [0.25, 0.3) is 11.0 Å². The van der Waals surface area contributed by atoms with E-state index >= 15 is 0 Å². The summed E-state index contributed by atoms with van der Waals surface area (Å²) >= 11 is 0. The van der Waals surface area contributed by atoms with Crippen molar-refractivity contribution in [1.82, 2.24) is 15.2 Å². The maximum absolute atomic E-state index is 5.52. The monoisotopic (exact) mass is 143 g/mol. The average Bonchev–Trinajstić information content (AvgIpc) is 2.36. The lowest BCUT2D eigenvalue weighted by molar-refractivity contribution is 1.09. The molecule has 0 saturated heterocycles. The number of H-pyrrole nitrogens is 1. The molecule has 0 atom stereocenters. The summed E-state index contributed by atoms with van der Waals surface area (Å²) in [5, 5.41) is 7.35. The molecular weight excluding hydrogens is 138 g/mol. The van der Waals surface area contributed by atoms with E-state index in [1.807, 2.05) is 0 Å². The Kier molecular flexibility index (Phi) is 1.18. The lowest BCUT2D eigenvalue weighted by Crippen LogP contribution is -1.86. The highest BCUT2D eigenvalue weighted by Crippen LogP contribution is 2.12. The van der Waals surface area contributed by atoms with E-state index in [1.54, 1.807) is 12.3 Å². The normalized spacial score (nSPS) is 10.7. The fraction of sp³-hybridized carbons (Fsp3) is 0. The van der Waals surface area contributed by atoms with E-state index in [1.165, 1.54) is 0 Å². The van der Waals surface area contributed by atoms with Gasteiger partial charge in [-0.25, -0.2) is 4.98 Å². The molecule has 0 aromatic carbocycles. The smallest absolute Gasteiger partial charge is 0.155 e. The minimum Gasteiger partial charge on any atom is -0.261 e. The van der Waals surface area contributed by atoms with E-state index in [0.717, 1.165) is 5.39 Å². The van der Waals surface area contributed by atoms with Crippen molar-refractivity contribution in [2.24, 2.45) is 0 Å². The van der Waals surface area contributed by atoms with Gasteiger partial charge in [0.1, 0.15) is 0 Å². The van der Waals surface area contributed by atoms with Gasteiger partial charge >= 0.3 is 0 Å². The molecule has 0 amide bonds.